The van der Waals surface area contributed by atoms with Gasteiger partial charge >= 0.3 is 5.97 Å². The lowest BCUT2D eigenvalue weighted by atomic mass is 9.86. The van der Waals surface area contributed by atoms with Crippen molar-refractivity contribution in [2.45, 2.75) is 91.7 Å². The average molecular weight is 632 g/mol. The third-order valence-electron chi connectivity index (χ3n) is 8.39. The highest BCUT2D eigenvalue weighted by atomic mass is 32.1. The maximum Gasteiger partial charge on any atom is 0.326 e. The molecule has 4 aromatic rings. The Labute approximate surface area is 270 Å². The van der Waals surface area contributed by atoms with E-state index >= 15 is 0 Å². The molecule has 9 heteroatoms. The highest BCUT2D eigenvalue weighted by Gasteiger charge is 2.25. The number of rotatable bonds is 10. The number of nitrogens with zero attached hydrogens (tertiary/aromatic N) is 2. The monoisotopic (exact) mass is 631 g/mol. The summed E-state index contributed by atoms with van der Waals surface area (Å²) in [5.41, 5.74) is 4.20. The predicted molar refractivity (Wildman–Crippen MR) is 181 cm³/mol. The van der Waals surface area contributed by atoms with E-state index in [4.69, 9.17) is 19.2 Å². The Morgan fingerprint density at radius 3 is 2.42 bits per heavy atom. The smallest absolute Gasteiger partial charge is 0.326 e. The summed E-state index contributed by atoms with van der Waals surface area (Å²) in [6.07, 6.45) is 8.39. The number of benzene rings is 2. The summed E-state index contributed by atoms with van der Waals surface area (Å²) in [6, 6.07) is 11.7. The van der Waals surface area contributed by atoms with Crippen molar-refractivity contribution in [2.75, 3.05) is 19.5 Å². The van der Waals surface area contributed by atoms with E-state index in [0.717, 1.165) is 56.8 Å². The first-order valence-electron chi connectivity index (χ1n) is 15.8. The largest absolute Gasteiger partial charge is 0.496 e. The Kier molecular flexibility index (Phi) is 9.87. The molecule has 1 fully saturated rings. The third-order valence-corrected chi connectivity index (χ3v) is 9.42. The van der Waals surface area contributed by atoms with Gasteiger partial charge in [-0.25, -0.2) is 4.98 Å². The van der Waals surface area contributed by atoms with Crippen LogP contribution in [-0.2, 0) is 22.5 Å². The standard InChI is InChI=1S/C36H45N3O5S/c1-22-13-15-27-25(17-22)19-28(39(27)21-32(40)44-36(3,4)5)34(41)38-35-37-33(26-20-29(42-6)23(2)18-30(26)43-7)31(45-35)16-14-24-11-9-8-10-12-24/h13,15,17-20,24H,8-12,14,16,21H2,1-7H3,(H,37,38,41). The summed E-state index contributed by atoms with van der Waals surface area (Å²) in [5.74, 6) is 1.43. The fourth-order valence-corrected chi connectivity index (χ4v) is 7.23. The van der Waals surface area contributed by atoms with E-state index in [0.29, 0.717) is 22.5 Å². The van der Waals surface area contributed by atoms with Gasteiger partial charge in [-0.05, 0) is 89.3 Å². The molecular weight excluding hydrogens is 586 g/mol. The molecule has 0 bridgehead atoms. The summed E-state index contributed by atoms with van der Waals surface area (Å²) >= 11 is 1.50. The maximum absolute atomic E-state index is 13.9. The minimum atomic E-state index is -0.635. The zero-order chi connectivity index (χ0) is 32.3. The van der Waals surface area contributed by atoms with Crippen molar-refractivity contribution in [3.8, 4) is 22.8 Å². The van der Waals surface area contributed by atoms with Crippen molar-refractivity contribution < 1.29 is 23.8 Å². The molecule has 0 radical (unpaired) electrons. The summed E-state index contributed by atoms with van der Waals surface area (Å²) in [7, 11) is 3.32. The van der Waals surface area contributed by atoms with Gasteiger partial charge < -0.3 is 18.8 Å². The Hall–Kier alpha value is -3.85. The number of aryl methyl sites for hydroxylation is 3. The van der Waals surface area contributed by atoms with E-state index in [1.165, 1.54) is 43.4 Å². The van der Waals surface area contributed by atoms with Gasteiger partial charge in [0.15, 0.2) is 5.13 Å². The van der Waals surface area contributed by atoms with Crippen LogP contribution in [0.4, 0.5) is 5.13 Å². The molecule has 0 aliphatic heterocycles. The zero-order valence-corrected chi connectivity index (χ0v) is 28.4. The van der Waals surface area contributed by atoms with Gasteiger partial charge in [0.05, 0.1) is 19.9 Å². The minimum Gasteiger partial charge on any atom is -0.496 e. The molecule has 1 aliphatic carbocycles. The lowest BCUT2D eigenvalue weighted by Gasteiger charge is -2.21. The number of aromatic nitrogens is 2. The second-order valence-electron chi connectivity index (χ2n) is 13.1. The van der Waals surface area contributed by atoms with Crippen LogP contribution < -0.4 is 14.8 Å². The number of anilines is 1. The van der Waals surface area contributed by atoms with Crippen LogP contribution in [0.3, 0.4) is 0 Å². The van der Waals surface area contributed by atoms with Crippen LogP contribution >= 0.6 is 11.3 Å². The zero-order valence-electron chi connectivity index (χ0n) is 27.5. The first-order valence-corrected chi connectivity index (χ1v) is 16.6. The number of carbonyl (C=O) groups excluding carboxylic acids is 2. The lowest BCUT2D eigenvalue weighted by Crippen LogP contribution is -2.28. The number of methoxy groups -OCH3 is 2. The highest BCUT2D eigenvalue weighted by Crippen LogP contribution is 2.41. The van der Waals surface area contributed by atoms with Crippen LogP contribution in [0.15, 0.2) is 36.4 Å². The van der Waals surface area contributed by atoms with Crippen molar-refractivity contribution in [2.24, 2.45) is 5.92 Å². The molecule has 0 unspecified atom stereocenters. The fraction of sp³-hybridized carbons (Fsp3) is 0.472. The van der Waals surface area contributed by atoms with Gasteiger partial charge in [-0.1, -0.05) is 43.7 Å². The number of ether oxygens (including phenoxy) is 3. The molecular formula is C36H45N3O5S. The van der Waals surface area contributed by atoms with Gasteiger partial charge in [0.25, 0.3) is 5.91 Å². The van der Waals surface area contributed by atoms with Gasteiger partial charge in [-0.3, -0.25) is 14.9 Å². The summed E-state index contributed by atoms with van der Waals surface area (Å²) < 4.78 is 18.8. The minimum absolute atomic E-state index is 0.0807. The third kappa shape index (κ3) is 7.69. The van der Waals surface area contributed by atoms with Crippen molar-refractivity contribution in [3.05, 3.63) is 58.1 Å². The average Bonchev–Trinajstić information content (AvgIpc) is 3.55. The quantitative estimate of drug-likeness (QED) is 0.177. The van der Waals surface area contributed by atoms with Crippen LogP contribution in [-0.4, -0.2) is 41.2 Å². The summed E-state index contributed by atoms with van der Waals surface area (Å²) in [5, 5.41) is 4.45. The molecule has 5 rings (SSSR count). The van der Waals surface area contributed by atoms with Crippen LogP contribution in [0.1, 0.15) is 85.8 Å². The first kappa shape index (κ1) is 32.5. The molecule has 240 valence electrons. The summed E-state index contributed by atoms with van der Waals surface area (Å²) in [4.78, 5) is 32.9. The van der Waals surface area contributed by atoms with Crippen LogP contribution in [0.25, 0.3) is 22.2 Å². The molecule has 2 aromatic carbocycles. The number of hydrogen-bond donors (Lipinski definition) is 1. The van der Waals surface area contributed by atoms with Crippen molar-refractivity contribution in [3.63, 3.8) is 0 Å². The van der Waals surface area contributed by atoms with E-state index in [1.807, 2.05) is 71.0 Å². The molecule has 0 saturated heterocycles. The Bertz CT molecular complexity index is 1690. The Morgan fingerprint density at radius 2 is 1.73 bits per heavy atom. The normalized spacial score (nSPS) is 14.0. The van der Waals surface area contributed by atoms with Gasteiger partial charge in [0, 0.05) is 21.3 Å². The molecule has 2 heterocycles. The number of amides is 1. The van der Waals surface area contributed by atoms with Gasteiger partial charge in [0.1, 0.15) is 29.3 Å². The second kappa shape index (κ2) is 13.6. The van der Waals surface area contributed by atoms with Crippen LogP contribution in [0, 0.1) is 19.8 Å². The van der Waals surface area contributed by atoms with E-state index in [-0.39, 0.29) is 12.5 Å². The van der Waals surface area contributed by atoms with Crippen molar-refractivity contribution in [1.29, 1.82) is 0 Å². The van der Waals surface area contributed by atoms with Gasteiger partial charge in [0.2, 0.25) is 0 Å². The Balaban J connectivity index is 1.50. The number of carbonyl (C=O) groups is 2. The molecule has 1 aliphatic rings. The number of thiazole rings is 1. The molecule has 45 heavy (non-hydrogen) atoms. The van der Waals surface area contributed by atoms with Gasteiger partial charge in [-0.15, -0.1) is 11.3 Å². The number of nitrogens with one attached hydrogen (secondary N) is 1. The number of fused-ring (bicyclic) bond motifs is 1. The first-order chi connectivity index (χ1) is 21.5. The second-order valence-corrected chi connectivity index (χ2v) is 14.2. The van der Waals surface area contributed by atoms with E-state index < -0.39 is 11.6 Å². The molecule has 1 saturated carbocycles. The molecule has 8 nitrogen and oxygen atoms in total. The number of esters is 1. The molecule has 1 amide bonds. The molecule has 2 aromatic heterocycles. The fourth-order valence-electron chi connectivity index (χ4n) is 6.24. The maximum atomic E-state index is 13.9. The van der Waals surface area contributed by atoms with Crippen molar-refractivity contribution in [1.82, 2.24) is 9.55 Å². The summed E-state index contributed by atoms with van der Waals surface area (Å²) in [6.45, 7) is 9.41. The van der Waals surface area contributed by atoms with Crippen LogP contribution in [0.5, 0.6) is 11.5 Å². The van der Waals surface area contributed by atoms with E-state index in [9.17, 15) is 9.59 Å². The van der Waals surface area contributed by atoms with E-state index in [2.05, 4.69) is 5.32 Å². The van der Waals surface area contributed by atoms with Gasteiger partial charge in [-0.2, -0.15) is 0 Å². The molecule has 0 atom stereocenters. The molecule has 0 spiro atoms. The van der Waals surface area contributed by atoms with Crippen LogP contribution in [0.2, 0.25) is 0 Å². The Morgan fingerprint density at radius 1 is 1.00 bits per heavy atom. The number of hydrogen-bond acceptors (Lipinski definition) is 7. The van der Waals surface area contributed by atoms with E-state index in [1.54, 1.807) is 18.8 Å². The highest BCUT2D eigenvalue weighted by molar-refractivity contribution is 7.16. The SMILES string of the molecule is COc1cc(-c2nc(NC(=O)c3cc4cc(C)ccc4n3CC(=O)OC(C)(C)C)sc2CCC2CCCCC2)c(OC)cc1C. The topological polar surface area (TPSA) is 91.7 Å². The molecule has 1 N–H and O–H groups in total. The van der Waals surface area contributed by atoms with Crippen molar-refractivity contribution >= 4 is 39.2 Å². The lowest BCUT2D eigenvalue weighted by molar-refractivity contribution is -0.155. The predicted octanol–water partition coefficient (Wildman–Crippen LogP) is 8.51.